The summed E-state index contributed by atoms with van der Waals surface area (Å²) < 4.78 is 28.1. The van der Waals surface area contributed by atoms with Gasteiger partial charge in [-0.25, -0.2) is 0 Å². The minimum Gasteiger partial charge on any atom is -0.431 e. The van der Waals surface area contributed by atoms with Gasteiger partial charge in [-0.15, -0.1) is 0 Å². The number of alkyl halides is 2. The van der Waals surface area contributed by atoms with Gasteiger partial charge in [0.25, 0.3) is 0 Å². The highest BCUT2D eigenvalue weighted by molar-refractivity contribution is 14.1. The maximum Gasteiger partial charge on any atom is 0.387 e. The zero-order valence-corrected chi connectivity index (χ0v) is 7.96. The van der Waals surface area contributed by atoms with Gasteiger partial charge in [0.2, 0.25) is 0 Å². The second-order valence-corrected chi connectivity index (χ2v) is 3.07. The molecule has 6 heteroatoms. The standard InChI is InChI=1S/C6H5F2IN2O/c7-6(8)12-4-2-11-1-3(9)5(4)10/h1-2,6H,(H2,10,11). The van der Waals surface area contributed by atoms with E-state index < -0.39 is 6.61 Å². The van der Waals surface area contributed by atoms with Crippen molar-refractivity contribution < 1.29 is 13.5 Å². The molecule has 2 N–H and O–H groups in total. The van der Waals surface area contributed by atoms with Crippen molar-refractivity contribution in [3.63, 3.8) is 0 Å². The summed E-state index contributed by atoms with van der Waals surface area (Å²) in [7, 11) is 0. The Balaban J connectivity index is 2.92. The molecular weight excluding hydrogens is 281 g/mol. The molecule has 0 saturated carbocycles. The van der Waals surface area contributed by atoms with Gasteiger partial charge in [0.05, 0.1) is 15.5 Å². The van der Waals surface area contributed by atoms with Gasteiger partial charge in [-0.1, -0.05) is 0 Å². The van der Waals surface area contributed by atoms with Crippen LogP contribution in [0.4, 0.5) is 14.5 Å². The Bertz CT molecular complexity index is 282. The first-order valence-electron chi connectivity index (χ1n) is 2.95. The molecule has 0 aliphatic carbocycles. The van der Waals surface area contributed by atoms with Gasteiger partial charge in [0.15, 0.2) is 5.75 Å². The number of aromatic nitrogens is 1. The van der Waals surface area contributed by atoms with E-state index in [1.54, 1.807) is 0 Å². The highest BCUT2D eigenvalue weighted by Gasteiger charge is 2.09. The molecule has 1 heterocycles. The lowest BCUT2D eigenvalue weighted by Crippen LogP contribution is -2.05. The van der Waals surface area contributed by atoms with Crippen LogP contribution in [0.3, 0.4) is 0 Å². The number of halogens is 3. The average Bonchev–Trinajstić information content (AvgIpc) is 1.98. The largest absolute Gasteiger partial charge is 0.431 e. The van der Waals surface area contributed by atoms with Crippen LogP contribution in [0.1, 0.15) is 0 Å². The van der Waals surface area contributed by atoms with Gasteiger partial charge in [0.1, 0.15) is 0 Å². The number of anilines is 1. The molecule has 0 bridgehead atoms. The molecule has 0 aliphatic heterocycles. The highest BCUT2D eigenvalue weighted by atomic mass is 127. The van der Waals surface area contributed by atoms with E-state index in [2.05, 4.69) is 9.72 Å². The van der Waals surface area contributed by atoms with Gasteiger partial charge in [0, 0.05) is 6.20 Å². The van der Waals surface area contributed by atoms with E-state index in [9.17, 15) is 8.78 Å². The summed E-state index contributed by atoms with van der Waals surface area (Å²) in [6.07, 6.45) is 2.62. The number of nitrogens with two attached hydrogens (primary N) is 1. The second-order valence-electron chi connectivity index (χ2n) is 1.91. The zero-order valence-electron chi connectivity index (χ0n) is 5.80. The smallest absolute Gasteiger partial charge is 0.387 e. The highest BCUT2D eigenvalue weighted by Crippen LogP contribution is 2.25. The lowest BCUT2D eigenvalue weighted by Gasteiger charge is -2.06. The Hall–Kier alpha value is -0.660. The first-order chi connectivity index (χ1) is 5.61. The molecule has 0 fully saturated rings. The van der Waals surface area contributed by atoms with Crippen LogP contribution in [0.25, 0.3) is 0 Å². The number of nitrogens with zero attached hydrogens (tertiary/aromatic N) is 1. The maximum atomic E-state index is 11.7. The fourth-order valence-electron chi connectivity index (χ4n) is 0.617. The van der Waals surface area contributed by atoms with E-state index in [0.29, 0.717) is 3.57 Å². The molecular formula is C6H5F2IN2O. The Morgan fingerprint density at radius 3 is 2.75 bits per heavy atom. The van der Waals surface area contributed by atoms with Crippen LogP contribution in [-0.2, 0) is 0 Å². The van der Waals surface area contributed by atoms with Crippen LogP contribution in [0.5, 0.6) is 5.75 Å². The van der Waals surface area contributed by atoms with E-state index in [0.717, 1.165) is 6.20 Å². The Morgan fingerprint density at radius 2 is 2.17 bits per heavy atom. The molecule has 0 aromatic carbocycles. The van der Waals surface area contributed by atoms with Crippen LogP contribution in [0.15, 0.2) is 12.4 Å². The van der Waals surface area contributed by atoms with E-state index in [1.165, 1.54) is 6.20 Å². The van der Waals surface area contributed by atoms with Crippen molar-refractivity contribution in [2.24, 2.45) is 0 Å². The number of rotatable bonds is 2. The molecule has 0 radical (unpaired) electrons. The molecule has 0 atom stereocenters. The molecule has 12 heavy (non-hydrogen) atoms. The van der Waals surface area contributed by atoms with Crippen LogP contribution in [0, 0.1) is 3.57 Å². The van der Waals surface area contributed by atoms with Gasteiger partial charge in [-0.2, -0.15) is 8.78 Å². The second kappa shape index (κ2) is 3.83. The number of nitrogen functional groups attached to an aromatic ring is 1. The third-order valence-corrected chi connectivity index (χ3v) is 1.98. The van der Waals surface area contributed by atoms with E-state index in [-0.39, 0.29) is 11.4 Å². The predicted molar refractivity (Wildman–Crippen MR) is 48.0 cm³/mol. The quantitative estimate of drug-likeness (QED) is 0.844. The monoisotopic (exact) mass is 286 g/mol. The summed E-state index contributed by atoms with van der Waals surface area (Å²) in [5.74, 6) is -0.0862. The molecule has 0 unspecified atom stereocenters. The minimum atomic E-state index is -2.87. The molecule has 0 saturated heterocycles. The van der Waals surface area contributed by atoms with Crippen molar-refractivity contribution in [1.82, 2.24) is 4.98 Å². The molecule has 0 amide bonds. The predicted octanol–water partition coefficient (Wildman–Crippen LogP) is 1.87. The lowest BCUT2D eigenvalue weighted by molar-refractivity contribution is -0.0495. The first kappa shape index (κ1) is 9.43. The van der Waals surface area contributed by atoms with Crippen molar-refractivity contribution in [2.75, 3.05) is 5.73 Å². The summed E-state index contributed by atoms with van der Waals surface area (Å²) in [5.41, 5.74) is 5.61. The van der Waals surface area contributed by atoms with Crippen LogP contribution in [0.2, 0.25) is 0 Å². The summed E-state index contributed by atoms with van der Waals surface area (Å²) in [6, 6.07) is 0. The summed E-state index contributed by atoms with van der Waals surface area (Å²) in [5, 5.41) is 0. The van der Waals surface area contributed by atoms with Crippen molar-refractivity contribution in [2.45, 2.75) is 6.61 Å². The van der Waals surface area contributed by atoms with Crippen molar-refractivity contribution in [1.29, 1.82) is 0 Å². The Kier molecular flexibility index (Phi) is 3.01. The molecule has 1 aromatic rings. The van der Waals surface area contributed by atoms with Gasteiger partial charge < -0.3 is 10.5 Å². The van der Waals surface area contributed by atoms with Gasteiger partial charge in [-0.3, -0.25) is 4.98 Å². The summed E-state index contributed by atoms with van der Waals surface area (Å²) in [6.45, 7) is -2.87. The minimum absolute atomic E-state index is 0.0862. The Labute approximate surface area is 81.1 Å². The first-order valence-corrected chi connectivity index (χ1v) is 4.03. The number of pyridine rings is 1. The maximum absolute atomic E-state index is 11.7. The topological polar surface area (TPSA) is 48.1 Å². The molecule has 1 aromatic heterocycles. The van der Waals surface area contributed by atoms with E-state index in [4.69, 9.17) is 5.73 Å². The van der Waals surface area contributed by atoms with Crippen LogP contribution in [-0.4, -0.2) is 11.6 Å². The molecule has 0 spiro atoms. The molecule has 66 valence electrons. The lowest BCUT2D eigenvalue weighted by atomic mass is 10.4. The Morgan fingerprint density at radius 1 is 1.50 bits per heavy atom. The van der Waals surface area contributed by atoms with Gasteiger partial charge >= 0.3 is 6.61 Å². The zero-order chi connectivity index (χ0) is 9.14. The fraction of sp³-hybridized carbons (Fsp3) is 0.167. The molecule has 1 rings (SSSR count). The van der Waals surface area contributed by atoms with E-state index >= 15 is 0 Å². The third-order valence-electron chi connectivity index (χ3n) is 1.12. The summed E-state index contributed by atoms with van der Waals surface area (Å²) in [4.78, 5) is 3.65. The van der Waals surface area contributed by atoms with E-state index in [1.807, 2.05) is 22.6 Å². The van der Waals surface area contributed by atoms with Crippen LogP contribution < -0.4 is 10.5 Å². The number of hydrogen-bond acceptors (Lipinski definition) is 3. The van der Waals surface area contributed by atoms with Crippen molar-refractivity contribution in [3.05, 3.63) is 16.0 Å². The van der Waals surface area contributed by atoms with Gasteiger partial charge in [-0.05, 0) is 22.6 Å². The van der Waals surface area contributed by atoms with Crippen LogP contribution >= 0.6 is 22.6 Å². The van der Waals surface area contributed by atoms with Crippen molar-refractivity contribution in [3.8, 4) is 5.75 Å². The normalized spacial score (nSPS) is 10.3. The SMILES string of the molecule is Nc1c(I)cncc1OC(F)F. The number of ether oxygens (including phenoxy) is 1. The number of hydrogen-bond donors (Lipinski definition) is 1. The molecule has 0 aliphatic rings. The van der Waals surface area contributed by atoms with Crippen molar-refractivity contribution >= 4 is 28.3 Å². The summed E-state index contributed by atoms with van der Waals surface area (Å²) >= 11 is 1.88. The third kappa shape index (κ3) is 2.16. The fourth-order valence-corrected chi connectivity index (χ4v) is 1.04. The molecule has 3 nitrogen and oxygen atoms in total. The average molecular weight is 286 g/mol.